The van der Waals surface area contributed by atoms with Crippen LogP contribution in [0.1, 0.15) is 6.92 Å². The Morgan fingerprint density at radius 2 is 2.25 bits per heavy atom. The highest BCUT2D eigenvalue weighted by Gasteiger charge is 1.87. The number of aliphatic hydroxyl groups is 1. The van der Waals surface area contributed by atoms with Crippen LogP contribution in [0.25, 0.3) is 0 Å². The van der Waals surface area contributed by atoms with Crippen LogP contribution in [0.15, 0.2) is 12.2 Å². The highest BCUT2D eigenvalue weighted by atomic mass is 16.4. The predicted molar refractivity (Wildman–Crippen MR) is 28.5 cm³/mol. The summed E-state index contributed by atoms with van der Waals surface area (Å²) in [5.41, 5.74) is 0. The van der Waals surface area contributed by atoms with Gasteiger partial charge in [0.25, 0.3) is 0 Å². The van der Waals surface area contributed by atoms with E-state index >= 15 is 0 Å². The third-order valence-corrected chi connectivity index (χ3v) is 0.517. The van der Waals surface area contributed by atoms with Crippen molar-refractivity contribution in [1.82, 2.24) is 0 Å². The minimum atomic E-state index is -1.04. The lowest BCUT2D eigenvalue weighted by atomic mass is 10.4. The van der Waals surface area contributed by atoms with Gasteiger partial charge >= 0.3 is 5.97 Å². The van der Waals surface area contributed by atoms with Gasteiger partial charge < -0.3 is 10.2 Å². The first-order chi connectivity index (χ1) is 3.63. The zero-order valence-corrected chi connectivity index (χ0v) is 4.53. The smallest absolute Gasteiger partial charge is 0.328 e. The van der Waals surface area contributed by atoms with E-state index in [4.69, 9.17) is 10.2 Å². The summed E-state index contributed by atoms with van der Waals surface area (Å²) in [4.78, 5) is 9.71. The highest BCUT2D eigenvalue weighted by Crippen LogP contribution is 1.80. The van der Waals surface area contributed by atoms with Crippen molar-refractivity contribution in [2.45, 2.75) is 13.0 Å². The molecular weight excluding hydrogens is 108 g/mol. The summed E-state index contributed by atoms with van der Waals surface area (Å²) in [6, 6.07) is 0. The van der Waals surface area contributed by atoms with Crippen LogP contribution in [0, 0.1) is 0 Å². The fraction of sp³-hybridized carbons (Fsp3) is 0.400. The van der Waals surface area contributed by atoms with Crippen LogP contribution >= 0.6 is 0 Å². The average molecular weight is 116 g/mol. The van der Waals surface area contributed by atoms with Gasteiger partial charge in [-0.1, -0.05) is 0 Å². The van der Waals surface area contributed by atoms with Crippen LogP contribution in [-0.2, 0) is 4.79 Å². The summed E-state index contributed by atoms with van der Waals surface area (Å²) in [7, 11) is 0. The van der Waals surface area contributed by atoms with Crippen LogP contribution in [0.5, 0.6) is 0 Å². The van der Waals surface area contributed by atoms with Gasteiger partial charge in [-0.2, -0.15) is 0 Å². The summed E-state index contributed by atoms with van der Waals surface area (Å²) in [6.07, 6.45) is 1.43. The second kappa shape index (κ2) is 3.21. The summed E-state index contributed by atoms with van der Waals surface area (Å²) in [5, 5.41) is 16.4. The van der Waals surface area contributed by atoms with Gasteiger partial charge in [0, 0.05) is 6.08 Å². The monoisotopic (exact) mass is 116 g/mol. The van der Waals surface area contributed by atoms with E-state index in [0.717, 1.165) is 6.08 Å². The fourth-order valence-electron chi connectivity index (χ4n) is 0.222. The largest absolute Gasteiger partial charge is 0.478 e. The summed E-state index contributed by atoms with van der Waals surface area (Å²) in [5.74, 6) is -1.04. The molecule has 0 aliphatic rings. The van der Waals surface area contributed by atoms with E-state index in [1.165, 1.54) is 13.0 Å². The van der Waals surface area contributed by atoms with E-state index in [2.05, 4.69) is 0 Å². The Morgan fingerprint density at radius 3 is 2.38 bits per heavy atom. The minimum Gasteiger partial charge on any atom is -0.478 e. The van der Waals surface area contributed by atoms with Crippen LogP contribution in [-0.4, -0.2) is 22.3 Å². The first kappa shape index (κ1) is 7.17. The van der Waals surface area contributed by atoms with E-state index in [-0.39, 0.29) is 0 Å². The van der Waals surface area contributed by atoms with E-state index < -0.39 is 12.1 Å². The third kappa shape index (κ3) is 5.17. The lowest BCUT2D eigenvalue weighted by molar-refractivity contribution is -0.131. The molecule has 0 aliphatic carbocycles. The molecule has 1 atom stereocenters. The van der Waals surface area contributed by atoms with Gasteiger partial charge in [0.2, 0.25) is 0 Å². The molecule has 0 radical (unpaired) electrons. The molecule has 0 aromatic carbocycles. The molecule has 0 aromatic heterocycles. The zero-order valence-electron chi connectivity index (χ0n) is 4.53. The van der Waals surface area contributed by atoms with Crippen molar-refractivity contribution in [1.29, 1.82) is 0 Å². The van der Waals surface area contributed by atoms with Crippen molar-refractivity contribution >= 4 is 5.97 Å². The molecule has 0 spiro atoms. The van der Waals surface area contributed by atoms with Gasteiger partial charge in [-0.3, -0.25) is 0 Å². The second-order valence-corrected chi connectivity index (χ2v) is 1.44. The molecule has 0 rings (SSSR count). The Kier molecular flexibility index (Phi) is 2.88. The molecule has 46 valence electrons. The van der Waals surface area contributed by atoms with Crippen molar-refractivity contribution < 1.29 is 15.0 Å². The molecular formula is C5H8O3. The number of carboxylic acid groups (broad SMARTS) is 1. The van der Waals surface area contributed by atoms with Gasteiger partial charge in [0.15, 0.2) is 0 Å². The van der Waals surface area contributed by atoms with Crippen molar-refractivity contribution in [3.63, 3.8) is 0 Å². The molecule has 0 heterocycles. The second-order valence-electron chi connectivity index (χ2n) is 1.44. The molecule has 0 aliphatic heterocycles. The topological polar surface area (TPSA) is 57.5 Å². The minimum absolute atomic E-state index is 0.675. The van der Waals surface area contributed by atoms with Crippen molar-refractivity contribution in [3.05, 3.63) is 12.2 Å². The molecule has 3 heteroatoms. The van der Waals surface area contributed by atoms with Gasteiger partial charge in [-0.15, -0.1) is 0 Å². The van der Waals surface area contributed by atoms with E-state index in [1.54, 1.807) is 0 Å². The van der Waals surface area contributed by atoms with Crippen LogP contribution < -0.4 is 0 Å². The Bertz CT molecular complexity index is 104. The van der Waals surface area contributed by atoms with Gasteiger partial charge in [-0.25, -0.2) is 4.79 Å². The zero-order chi connectivity index (χ0) is 6.57. The average Bonchev–Trinajstić information content (AvgIpc) is 1.61. The van der Waals surface area contributed by atoms with E-state index in [0.29, 0.717) is 0 Å². The van der Waals surface area contributed by atoms with Crippen molar-refractivity contribution in [2.24, 2.45) is 0 Å². The maximum absolute atomic E-state index is 9.71. The summed E-state index contributed by atoms with van der Waals surface area (Å²) in [6.45, 7) is 1.49. The first-order valence-electron chi connectivity index (χ1n) is 2.22. The number of carboxylic acids is 1. The standard InChI is InChI=1S/C5H8O3/c1-4(6)2-3-5(7)8/h2-4,6H,1H3,(H,7,8)/b3-2+/t4-/m1/s1. The summed E-state index contributed by atoms with van der Waals surface area (Å²) >= 11 is 0. The van der Waals surface area contributed by atoms with Crippen molar-refractivity contribution in [3.8, 4) is 0 Å². The molecule has 3 nitrogen and oxygen atoms in total. The number of carbonyl (C=O) groups is 1. The Hall–Kier alpha value is -0.830. The van der Waals surface area contributed by atoms with Gasteiger partial charge in [-0.05, 0) is 13.0 Å². The van der Waals surface area contributed by atoms with E-state index in [9.17, 15) is 4.79 Å². The molecule has 0 aromatic rings. The maximum Gasteiger partial charge on any atom is 0.328 e. The van der Waals surface area contributed by atoms with E-state index in [1.807, 2.05) is 0 Å². The van der Waals surface area contributed by atoms with Gasteiger partial charge in [0.1, 0.15) is 0 Å². The number of aliphatic hydroxyl groups excluding tert-OH is 1. The molecule has 0 saturated carbocycles. The number of aliphatic carboxylic acids is 1. The Labute approximate surface area is 47.3 Å². The molecule has 0 unspecified atom stereocenters. The predicted octanol–water partition coefficient (Wildman–Crippen LogP) is 0.00800. The first-order valence-corrected chi connectivity index (χ1v) is 2.22. The van der Waals surface area contributed by atoms with Gasteiger partial charge in [0.05, 0.1) is 6.10 Å². The Balaban J connectivity index is 3.50. The SMILES string of the molecule is C[C@@H](O)/C=C/C(=O)O. The molecule has 8 heavy (non-hydrogen) atoms. The van der Waals surface area contributed by atoms with Crippen LogP contribution in [0.3, 0.4) is 0 Å². The number of hydrogen-bond acceptors (Lipinski definition) is 2. The molecule has 0 bridgehead atoms. The maximum atomic E-state index is 9.71. The summed E-state index contributed by atoms with van der Waals surface area (Å²) < 4.78 is 0. The number of rotatable bonds is 2. The molecule has 0 fully saturated rings. The van der Waals surface area contributed by atoms with Crippen LogP contribution in [0.4, 0.5) is 0 Å². The van der Waals surface area contributed by atoms with Crippen molar-refractivity contribution in [2.75, 3.05) is 0 Å². The molecule has 0 amide bonds. The quantitative estimate of drug-likeness (QED) is 0.499. The molecule has 2 N–H and O–H groups in total. The van der Waals surface area contributed by atoms with Crippen LogP contribution in [0.2, 0.25) is 0 Å². The fourth-order valence-corrected chi connectivity index (χ4v) is 0.222. The Morgan fingerprint density at radius 1 is 1.75 bits per heavy atom. The lowest BCUT2D eigenvalue weighted by Crippen LogP contribution is -1.95. The normalized spacial score (nSPS) is 14.2. The molecule has 0 saturated heterocycles. The number of hydrogen-bond donors (Lipinski definition) is 2. The highest BCUT2D eigenvalue weighted by molar-refractivity contribution is 5.79. The lowest BCUT2D eigenvalue weighted by Gasteiger charge is -1.88. The third-order valence-electron chi connectivity index (χ3n) is 0.517.